The van der Waals surface area contributed by atoms with E-state index < -0.39 is 0 Å². The smallest absolute Gasteiger partial charge is 0.118 e. The topological polar surface area (TPSA) is 34.1 Å². The number of ether oxygens (including phenoxy) is 1. The fourth-order valence-electron chi connectivity index (χ4n) is 2.01. The van der Waals surface area contributed by atoms with E-state index in [-0.39, 0.29) is 0 Å². The van der Waals surface area contributed by atoms with Gasteiger partial charge in [0.05, 0.1) is 28.0 Å². The Balaban J connectivity index is 1.82. The molecular formula is C15H13ClN2OS. The van der Waals surface area contributed by atoms with Crippen LogP contribution in [0.4, 0.5) is 5.69 Å². The number of methoxy groups -OCH3 is 1. The van der Waals surface area contributed by atoms with Gasteiger partial charge in [0, 0.05) is 6.54 Å². The monoisotopic (exact) mass is 304 g/mol. The molecule has 0 spiro atoms. The number of fused-ring (bicyclic) bond motifs is 1. The number of hydrogen-bond acceptors (Lipinski definition) is 4. The van der Waals surface area contributed by atoms with Crippen molar-refractivity contribution in [2.45, 2.75) is 6.54 Å². The molecule has 102 valence electrons. The summed E-state index contributed by atoms with van der Waals surface area (Å²) in [6.45, 7) is 0.695. The van der Waals surface area contributed by atoms with Crippen LogP contribution in [-0.4, -0.2) is 12.1 Å². The van der Waals surface area contributed by atoms with Gasteiger partial charge < -0.3 is 10.1 Å². The van der Waals surface area contributed by atoms with Crippen molar-refractivity contribution in [3.8, 4) is 5.75 Å². The number of halogens is 1. The van der Waals surface area contributed by atoms with Crippen molar-refractivity contribution in [2.75, 3.05) is 12.4 Å². The lowest BCUT2D eigenvalue weighted by atomic mass is 10.2. The Morgan fingerprint density at radius 1 is 1.20 bits per heavy atom. The van der Waals surface area contributed by atoms with Gasteiger partial charge in [0.2, 0.25) is 0 Å². The van der Waals surface area contributed by atoms with Crippen LogP contribution in [0.5, 0.6) is 5.75 Å². The Morgan fingerprint density at radius 2 is 2.00 bits per heavy atom. The summed E-state index contributed by atoms with van der Waals surface area (Å²) in [5.74, 6) is 0.855. The minimum absolute atomic E-state index is 0.692. The van der Waals surface area contributed by atoms with E-state index in [9.17, 15) is 0 Å². The normalized spacial score (nSPS) is 10.7. The Kier molecular flexibility index (Phi) is 3.76. The maximum absolute atomic E-state index is 6.26. The van der Waals surface area contributed by atoms with Gasteiger partial charge in [0.1, 0.15) is 11.3 Å². The molecule has 0 fully saturated rings. The summed E-state index contributed by atoms with van der Waals surface area (Å²) in [5.41, 5.74) is 4.81. The molecule has 1 heterocycles. The molecule has 5 heteroatoms. The minimum atomic E-state index is 0.692. The van der Waals surface area contributed by atoms with E-state index in [0.29, 0.717) is 11.6 Å². The van der Waals surface area contributed by atoms with Crippen LogP contribution in [0.15, 0.2) is 41.9 Å². The molecular weight excluding hydrogens is 292 g/mol. The SMILES string of the molecule is COc1ccc(CNc2c(Cl)ccc3scnc23)cc1. The number of nitrogens with zero attached hydrogens (tertiary/aromatic N) is 1. The molecule has 3 aromatic rings. The molecule has 1 aromatic heterocycles. The summed E-state index contributed by atoms with van der Waals surface area (Å²) in [6, 6.07) is 11.8. The lowest BCUT2D eigenvalue weighted by molar-refractivity contribution is 0.414. The summed E-state index contributed by atoms with van der Waals surface area (Å²) < 4.78 is 6.28. The summed E-state index contributed by atoms with van der Waals surface area (Å²) in [4.78, 5) is 4.37. The van der Waals surface area contributed by atoms with Crippen molar-refractivity contribution in [1.29, 1.82) is 0 Å². The van der Waals surface area contributed by atoms with Crippen molar-refractivity contribution in [1.82, 2.24) is 4.98 Å². The molecule has 2 aromatic carbocycles. The van der Waals surface area contributed by atoms with Gasteiger partial charge in [-0.1, -0.05) is 23.7 Å². The van der Waals surface area contributed by atoms with Crippen molar-refractivity contribution >= 4 is 38.8 Å². The Labute approximate surface area is 126 Å². The molecule has 0 atom stereocenters. The zero-order chi connectivity index (χ0) is 13.9. The van der Waals surface area contributed by atoms with E-state index in [1.165, 1.54) is 0 Å². The van der Waals surface area contributed by atoms with E-state index in [2.05, 4.69) is 10.3 Å². The maximum Gasteiger partial charge on any atom is 0.118 e. The molecule has 0 aliphatic heterocycles. The third kappa shape index (κ3) is 2.57. The first kappa shape index (κ1) is 13.2. The van der Waals surface area contributed by atoms with E-state index in [4.69, 9.17) is 16.3 Å². The maximum atomic E-state index is 6.26. The summed E-state index contributed by atoms with van der Waals surface area (Å²) >= 11 is 7.87. The zero-order valence-corrected chi connectivity index (χ0v) is 12.5. The van der Waals surface area contributed by atoms with Gasteiger partial charge in [0.15, 0.2) is 0 Å². The second kappa shape index (κ2) is 5.69. The van der Waals surface area contributed by atoms with Crippen LogP contribution < -0.4 is 10.1 Å². The molecule has 0 unspecified atom stereocenters. The second-order valence-corrected chi connectivity index (χ2v) is 5.62. The molecule has 1 N–H and O–H groups in total. The molecule has 20 heavy (non-hydrogen) atoms. The van der Waals surface area contributed by atoms with Gasteiger partial charge in [-0.3, -0.25) is 0 Å². The van der Waals surface area contributed by atoms with Crippen LogP contribution in [0, 0.1) is 0 Å². The van der Waals surface area contributed by atoms with Crippen LogP contribution in [0.1, 0.15) is 5.56 Å². The first-order valence-electron chi connectivity index (χ1n) is 6.16. The van der Waals surface area contributed by atoms with Crippen LogP contribution >= 0.6 is 22.9 Å². The fraction of sp³-hybridized carbons (Fsp3) is 0.133. The second-order valence-electron chi connectivity index (χ2n) is 4.32. The molecule has 0 radical (unpaired) electrons. The highest BCUT2D eigenvalue weighted by Gasteiger charge is 2.08. The number of thiazole rings is 1. The highest BCUT2D eigenvalue weighted by Crippen LogP contribution is 2.32. The van der Waals surface area contributed by atoms with Gasteiger partial charge in [0.25, 0.3) is 0 Å². The molecule has 0 saturated carbocycles. The van der Waals surface area contributed by atoms with Crippen molar-refractivity contribution in [3.05, 3.63) is 52.5 Å². The van der Waals surface area contributed by atoms with Gasteiger partial charge in [-0.15, -0.1) is 11.3 Å². The average Bonchev–Trinajstić information content (AvgIpc) is 2.95. The number of aromatic nitrogens is 1. The fourth-order valence-corrected chi connectivity index (χ4v) is 2.91. The van der Waals surface area contributed by atoms with Crippen LogP contribution in [0.3, 0.4) is 0 Å². The standard InChI is InChI=1S/C15H13ClN2OS/c1-19-11-4-2-10(3-5-11)8-17-14-12(16)6-7-13-15(14)18-9-20-13/h2-7,9,17H,8H2,1H3. The largest absolute Gasteiger partial charge is 0.497 e. The summed E-state index contributed by atoms with van der Waals surface area (Å²) in [5, 5.41) is 4.06. The molecule has 0 amide bonds. The third-order valence-electron chi connectivity index (χ3n) is 3.08. The number of nitrogens with one attached hydrogen (secondary N) is 1. The van der Waals surface area contributed by atoms with Crippen molar-refractivity contribution in [3.63, 3.8) is 0 Å². The number of rotatable bonds is 4. The van der Waals surface area contributed by atoms with Crippen molar-refractivity contribution < 1.29 is 4.74 Å². The Hall–Kier alpha value is -1.78. The van der Waals surface area contributed by atoms with E-state index in [1.54, 1.807) is 18.4 Å². The van der Waals surface area contributed by atoms with Gasteiger partial charge in [-0.2, -0.15) is 0 Å². The van der Waals surface area contributed by atoms with Crippen LogP contribution in [0.2, 0.25) is 5.02 Å². The highest BCUT2D eigenvalue weighted by molar-refractivity contribution is 7.16. The Morgan fingerprint density at radius 3 is 2.75 bits per heavy atom. The van der Waals surface area contributed by atoms with Gasteiger partial charge in [-0.25, -0.2) is 4.98 Å². The molecule has 0 bridgehead atoms. The number of anilines is 1. The predicted octanol–water partition coefficient (Wildman–Crippen LogP) is 4.57. The van der Waals surface area contributed by atoms with Gasteiger partial charge >= 0.3 is 0 Å². The average molecular weight is 305 g/mol. The van der Waals surface area contributed by atoms with Crippen LogP contribution in [-0.2, 0) is 6.54 Å². The number of benzene rings is 2. The molecule has 0 saturated heterocycles. The summed E-state index contributed by atoms with van der Waals surface area (Å²) in [6.07, 6.45) is 0. The highest BCUT2D eigenvalue weighted by atomic mass is 35.5. The van der Waals surface area contributed by atoms with E-state index in [0.717, 1.165) is 27.2 Å². The summed E-state index contributed by atoms with van der Waals surface area (Å²) in [7, 11) is 1.66. The van der Waals surface area contributed by atoms with Gasteiger partial charge in [-0.05, 0) is 29.8 Å². The first-order chi connectivity index (χ1) is 9.78. The zero-order valence-electron chi connectivity index (χ0n) is 10.9. The third-order valence-corrected chi connectivity index (χ3v) is 4.19. The Bertz CT molecular complexity index is 724. The quantitative estimate of drug-likeness (QED) is 0.766. The molecule has 0 aliphatic rings. The van der Waals surface area contributed by atoms with Crippen LogP contribution in [0.25, 0.3) is 10.2 Å². The molecule has 0 aliphatic carbocycles. The molecule has 3 nitrogen and oxygen atoms in total. The number of hydrogen-bond donors (Lipinski definition) is 1. The van der Waals surface area contributed by atoms with E-state index >= 15 is 0 Å². The lowest BCUT2D eigenvalue weighted by Crippen LogP contribution is -2.00. The predicted molar refractivity (Wildman–Crippen MR) is 85.0 cm³/mol. The van der Waals surface area contributed by atoms with E-state index in [1.807, 2.05) is 41.9 Å². The minimum Gasteiger partial charge on any atom is -0.497 e. The molecule has 3 rings (SSSR count). The van der Waals surface area contributed by atoms with Crippen molar-refractivity contribution in [2.24, 2.45) is 0 Å². The lowest BCUT2D eigenvalue weighted by Gasteiger charge is -2.09. The first-order valence-corrected chi connectivity index (χ1v) is 7.42.